The van der Waals surface area contributed by atoms with Crippen molar-refractivity contribution in [1.29, 1.82) is 0 Å². The smallest absolute Gasteiger partial charge is 0.328 e. The molecule has 0 saturated carbocycles. The van der Waals surface area contributed by atoms with E-state index < -0.39 is 5.97 Å². The number of benzene rings is 2. The molecule has 3 nitrogen and oxygen atoms in total. The predicted octanol–water partition coefficient (Wildman–Crippen LogP) is 3.76. The van der Waals surface area contributed by atoms with Crippen molar-refractivity contribution in [2.45, 2.75) is 13.0 Å². The molecule has 0 unspecified atom stereocenters. The SMILES string of the molecule is O=C(O)/C=C(/CCOCc1ccccc1)c1ccccc1. The molecule has 0 spiro atoms. The fraction of sp³-hybridized carbons (Fsp3) is 0.167. The molecule has 0 aliphatic rings. The van der Waals surface area contributed by atoms with E-state index in [1.165, 1.54) is 6.08 Å². The lowest BCUT2D eigenvalue weighted by molar-refractivity contribution is -0.131. The lowest BCUT2D eigenvalue weighted by atomic mass is 10.0. The van der Waals surface area contributed by atoms with Gasteiger partial charge in [-0.3, -0.25) is 0 Å². The van der Waals surface area contributed by atoms with Crippen LogP contribution in [-0.4, -0.2) is 17.7 Å². The minimum atomic E-state index is -0.933. The summed E-state index contributed by atoms with van der Waals surface area (Å²) in [4.78, 5) is 10.9. The molecule has 0 aromatic heterocycles. The van der Waals surface area contributed by atoms with Crippen LogP contribution in [0.15, 0.2) is 66.7 Å². The van der Waals surface area contributed by atoms with Crippen LogP contribution >= 0.6 is 0 Å². The first-order valence-corrected chi connectivity index (χ1v) is 6.86. The second-order valence-corrected chi connectivity index (χ2v) is 4.66. The summed E-state index contributed by atoms with van der Waals surface area (Å²) in [7, 11) is 0. The quantitative estimate of drug-likeness (QED) is 0.621. The topological polar surface area (TPSA) is 46.5 Å². The Labute approximate surface area is 124 Å². The van der Waals surface area contributed by atoms with Gasteiger partial charge in [-0.05, 0) is 23.1 Å². The van der Waals surface area contributed by atoms with E-state index in [1.807, 2.05) is 60.7 Å². The Morgan fingerprint density at radius 1 is 1.00 bits per heavy atom. The van der Waals surface area contributed by atoms with E-state index in [1.54, 1.807) is 0 Å². The molecular weight excluding hydrogens is 264 g/mol. The van der Waals surface area contributed by atoms with Gasteiger partial charge in [0.25, 0.3) is 0 Å². The van der Waals surface area contributed by atoms with Gasteiger partial charge in [-0.15, -0.1) is 0 Å². The third-order valence-electron chi connectivity index (χ3n) is 3.07. The van der Waals surface area contributed by atoms with Gasteiger partial charge < -0.3 is 9.84 Å². The average Bonchev–Trinajstić information content (AvgIpc) is 2.52. The van der Waals surface area contributed by atoms with E-state index in [4.69, 9.17) is 9.84 Å². The lowest BCUT2D eigenvalue weighted by Gasteiger charge is -2.08. The molecule has 3 heteroatoms. The molecule has 0 amide bonds. The summed E-state index contributed by atoms with van der Waals surface area (Å²) in [6.07, 6.45) is 1.82. The van der Waals surface area contributed by atoms with Gasteiger partial charge >= 0.3 is 5.97 Å². The molecule has 0 atom stereocenters. The normalized spacial score (nSPS) is 11.3. The van der Waals surface area contributed by atoms with Gasteiger partial charge in [-0.2, -0.15) is 0 Å². The van der Waals surface area contributed by atoms with E-state index in [-0.39, 0.29) is 0 Å². The maximum absolute atomic E-state index is 10.9. The zero-order chi connectivity index (χ0) is 14.9. The molecule has 0 aliphatic heterocycles. The van der Waals surface area contributed by atoms with Crippen molar-refractivity contribution in [3.63, 3.8) is 0 Å². The molecule has 0 fully saturated rings. The summed E-state index contributed by atoms with van der Waals surface area (Å²) in [5.41, 5.74) is 2.81. The van der Waals surface area contributed by atoms with E-state index in [0.29, 0.717) is 19.6 Å². The van der Waals surface area contributed by atoms with Crippen LogP contribution in [0.2, 0.25) is 0 Å². The first kappa shape index (κ1) is 15.0. The van der Waals surface area contributed by atoms with E-state index in [2.05, 4.69) is 0 Å². The van der Waals surface area contributed by atoms with Gasteiger partial charge in [-0.1, -0.05) is 60.7 Å². The first-order chi connectivity index (χ1) is 10.3. The van der Waals surface area contributed by atoms with Crippen LogP contribution < -0.4 is 0 Å². The average molecular weight is 282 g/mol. The number of hydrogen-bond donors (Lipinski definition) is 1. The largest absolute Gasteiger partial charge is 0.478 e. The van der Waals surface area contributed by atoms with Crippen molar-refractivity contribution in [2.75, 3.05) is 6.61 Å². The molecule has 0 bridgehead atoms. The minimum Gasteiger partial charge on any atom is -0.478 e. The van der Waals surface area contributed by atoms with Gasteiger partial charge in [0.15, 0.2) is 0 Å². The molecule has 0 radical (unpaired) electrons. The molecule has 2 aromatic rings. The Hall–Kier alpha value is -2.39. The molecule has 0 saturated heterocycles. The number of carboxylic acid groups (broad SMARTS) is 1. The number of carbonyl (C=O) groups is 1. The maximum atomic E-state index is 10.9. The van der Waals surface area contributed by atoms with Crippen LogP contribution in [0.1, 0.15) is 17.5 Å². The Morgan fingerprint density at radius 2 is 1.62 bits per heavy atom. The summed E-state index contributed by atoms with van der Waals surface area (Å²) < 4.78 is 5.62. The molecular formula is C18H18O3. The van der Waals surface area contributed by atoms with Gasteiger partial charge in [-0.25, -0.2) is 4.79 Å². The monoisotopic (exact) mass is 282 g/mol. The molecule has 2 aromatic carbocycles. The molecule has 0 aliphatic carbocycles. The summed E-state index contributed by atoms with van der Waals surface area (Å²) in [6, 6.07) is 19.4. The Bertz CT molecular complexity index is 588. The standard InChI is InChI=1S/C18H18O3/c19-18(20)13-17(16-9-5-2-6-10-16)11-12-21-14-15-7-3-1-4-8-15/h1-10,13H,11-12,14H2,(H,19,20)/b17-13-. The molecule has 1 N–H and O–H groups in total. The van der Waals surface area contributed by atoms with Crippen molar-refractivity contribution in [2.24, 2.45) is 0 Å². The zero-order valence-corrected chi connectivity index (χ0v) is 11.7. The minimum absolute atomic E-state index is 0.489. The third-order valence-corrected chi connectivity index (χ3v) is 3.07. The fourth-order valence-electron chi connectivity index (χ4n) is 2.05. The van der Waals surface area contributed by atoms with Crippen LogP contribution in [0.4, 0.5) is 0 Å². The second kappa shape index (κ2) is 8.02. The number of rotatable bonds is 7. The summed E-state index contributed by atoms with van der Waals surface area (Å²) in [6.45, 7) is 1.03. The Morgan fingerprint density at radius 3 is 2.24 bits per heavy atom. The summed E-state index contributed by atoms with van der Waals surface area (Å²) >= 11 is 0. The second-order valence-electron chi connectivity index (χ2n) is 4.66. The highest BCUT2D eigenvalue weighted by Gasteiger charge is 2.04. The summed E-state index contributed by atoms with van der Waals surface area (Å²) in [5, 5.41) is 8.96. The Kier molecular flexibility index (Phi) is 5.73. The fourth-order valence-corrected chi connectivity index (χ4v) is 2.05. The van der Waals surface area contributed by atoms with Gasteiger partial charge in [0.1, 0.15) is 0 Å². The van der Waals surface area contributed by atoms with E-state index in [9.17, 15) is 4.79 Å². The molecule has 108 valence electrons. The highest BCUT2D eigenvalue weighted by Crippen LogP contribution is 2.18. The highest BCUT2D eigenvalue weighted by molar-refractivity contribution is 5.90. The Balaban J connectivity index is 1.90. The maximum Gasteiger partial charge on any atom is 0.328 e. The number of hydrogen-bond acceptors (Lipinski definition) is 2. The summed E-state index contributed by atoms with van der Waals surface area (Å²) in [5.74, 6) is -0.933. The zero-order valence-electron chi connectivity index (χ0n) is 11.7. The van der Waals surface area contributed by atoms with Gasteiger partial charge in [0.2, 0.25) is 0 Å². The van der Waals surface area contributed by atoms with Crippen LogP contribution in [0.3, 0.4) is 0 Å². The first-order valence-electron chi connectivity index (χ1n) is 6.86. The number of carboxylic acids is 1. The van der Waals surface area contributed by atoms with Crippen molar-refractivity contribution < 1.29 is 14.6 Å². The van der Waals surface area contributed by atoms with E-state index >= 15 is 0 Å². The number of ether oxygens (including phenoxy) is 1. The van der Waals surface area contributed by atoms with Crippen molar-refractivity contribution in [3.05, 3.63) is 77.9 Å². The van der Waals surface area contributed by atoms with Crippen molar-refractivity contribution in [3.8, 4) is 0 Å². The highest BCUT2D eigenvalue weighted by atomic mass is 16.5. The van der Waals surface area contributed by atoms with Crippen LogP contribution in [0.5, 0.6) is 0 Å². The molecule has 21 heavy (non-hydrogen) atoms. The van der Waals surface area contributed by atoms with Gasteiger partial charge in [0, 0.05) is 6.08 Å². The number of aliphatic carboxylic acids is 1. The van der Waals surface area contributed by atoms with Gasteiger partial charge in [0.05, 0.1) is 13.2 Å². The molecule has 2 rings (SSSR count). The predicted molar refractivity (Wildman–Crippen MR) is 82.8 cm³/mol. The van der Waals surface area contributed by atoms with Crippen molar-refractivity contribution in [1.82, 2.24) is 0 Å². The van der Waals surface area contributed by atoms with Crippen LogP contribution in [0, 0.1) is 0 Å². The van der Waals surface area contributed by atoms with Crippen molar-refractivity contribution >= 4 is 11.5 Å². The van der Waals surface area contributed by atoms with Crippen LogP contribution in [-0.2, 0) is 16.1 Å². The third kappa shape index (κ3) is 5.24. The van der Waals surface area contributed by atoms with E-state index in [0.717, 1.165) is 16.7 Å². The lowest BCUT2D eigenvalue weighted by Crippen LogP contribution is -1.99. The van der Waals surface area contributed by atoms with Crippen LogP contribution in [0.25, 0.3) is 5.57 Å². The molecule has 0 heterocycles.